The van der Waals surface area contributed by atoms with Crippen molar-refractivity contribution in [1.82, 2.24) is 0 Å². The molecule has 0 fully saturated rings. The molecule has 0 aromatic heterocycles. The summed E-state index contributed by atoms with van der Waals surface area (Å²) in [6.45, 7) is 1.16. The van der Waals surface area contributed by atoms with Gasteiger partial charge in [0.25, 0.3) is 0 Å². The molecule has 0 aromatic carbocycles. The summed E-state index contributed by atoms with van der Waals surface area (Å²) in [5.74, 6) is -0.373. The van der Waals surface area contributed by atoms with Crippen molar-refractivity contribution in [2.45, 2.75) is 13.3 Å². The van der Waals surface area contributed by atoms with Crippen molar-refractivity contribution in [1.29, 1.82) is 0 Å². The summed E-state index contributed by atoms with van der Waals surface area (Å²) in [6.07, 6.45) is 0.320. The predicted octanol–water partition coefficient (Wildman–Crippen LogP) is -1.29. The molecule has 8 heavy (non-hydrogen) atoms. The van der Waals surface area contributed by atoms with Crippen LogP contribution in [0.3, 0.4) is 0 Å². The van der Waals surface area contributed by atoms with E-state index in [-0.39, 0.29) is 32.2 Å². The Hall–Kier alpha value is 0.313. The Bertz CT molecular complexity index is 64.3. The molecule has 3 nitrogen and oxygen atoms in total. The van der Waals surface area contributed by atoms with Crippen molar-refractivity contribution in [2.24, 2.45) is 0 Å². The van der Waals surface area contributed by atoms with Gasteiger partial charge in [0.05, 0.1) is 0 Å². The van der Waals surface area contributed by atoms with Crippen LogP contribution in [0, 0.1) is 0 Å². The molecule has 0 heterocycles. The van der Waals surface area contributed by atoms with Crippen LogP contribution in [0.1, 0.15) is 13.3 Å². The Morgan fingerprint density at radius 2 is 2.25 bits per heavy atom. The van der Waals surface area contributed by atoms with Gasteiger partial charge in [0.1, 0.15) is 0 Å². The fraction of sp³-hybridized carbons (Fsp3) is 0.750. The zero-order valence-corrected chi connectivity index (χ0v) is 10.4. The first-order valence-electron chi connectivity index (χ1n) is 2.07. The molecule has 0 atom stereocenters. The molecular formula is C4H11BiO3. The van der Waals surface area contributed by atoms with E-state index in [1.807, 2.05) is 0 Å². The first kappa shape index (κ1) is 11.2. The molecule has 0 radical (unpaired) electrons. The Kier molecular flexibility index (Phi) is 10.2. The van der Waals surface area contributed by atoms with Gasteiger partial charge in [-0.1, -0.05) is 6.92 Å². The minimum atomic E-state index is -0.507. The van der Waals surface area contributed by atoms with Crippen LogP contribution in [0.15, 0.2) is 0 Å². The molecule has 1 N–H and O–H groups in total. The van der Waals surface area contributed by atoms with Gasteiger partial charge in [-0.05, 0) is 0 Å². The van der Waals surface area contributed by atoms with Crippen molar-refractivity contribution in [2.75, 3.05) is 6.79 Å². The van der Waals surface area contributed by atoms with Crippen molar-refractivity contribution in [3.05, 3.63) is 0 Å². The van der Waals surface area contributed by atoms with Crippen LogP contribution in [0.2, 0.25) is 0 Å². The van der Waals surface area contributed by atoms with Crippen LogP contribution >= 0.6 is 0 Å². The van der Waals surface area contributed by atoms with Crippen LogP contribution in [0.4, 0.5) is 0 Å². The third-order valence-electron chi connectivity index (χ3n) is 0.514. The number of aliphatic hydroxyl groups excluding tert-OH is 1. The number of ether oxygens (including phenoxy) is 1. The topological polar surface area (TPSA) is 46.5 Å². The Morgan fingerprint density at radius 3 is 2.38 bits per heavy atom. The molecule has 0 spiro atoms. The summed E-state index contributed by atoms with van der Waals surface area (Å²) in [7, 11) is 0. The van der Waals surface area contributed by atoms with Crippen molar-refractivity contribution in [3.8, 4) is 0 Å². The first-order valence-corrected chi connectivity index (χ1v) is 2.07. The molecule has 0 rings (SSSR count). The van der Waals surface area contributed by atoms with Gasteiger partial charge in [0, 0.05) is 6.42 Å². The minimum absolute atomic E-state index is 0. The summed E-state index contributed by atoms with van der Waals surface area (Å²) in [5.41, 5.74) is 0. The second-order valence-corrected chi connectivity index (χ2v) is 0.999. The number of carbonyl (C=O) groups is 1. The SMILES string of the molecule is CCC(=O)OCO.[BiH3]. The Morgan fingerprint density at radius 1 is 1.75 bits per heavy atom. The zero-order chi connectivity index (χ0) is 5.70. The van der Waals surface area contributed by atoms with E-state index in [0.717, 1.165) is 0 Å². The summed E-state index contributed by atoms with van der Waals surface area (Å²) in [6, 6.07) is 0. The van der Waals surface area contributed by atoms with Gasteiger partial charge < -0.3 is 9.84 Å². The second-order valence-electron chi connectivity index (χ2n) is 0.999. The molecule has 0 aliphatic heterocycles. The third kappa shape index (κ3) is 6.31. The number of aliphatic hydroxyl groups is 1. The Balaban J connectivity index is 0. The third-order valence-corrected chi connectivity index (χ3v) is 0.514. The van der Waals surface area contributed by atoms with Gasteiger partial charge in [-0.25, -0.2) is 0 Å². The molecule has 0 aliphatic rings. The van der Waals surface area contributed by atoms with Crippen LogP contribution in [0.25, 0.3) is 0 Å². The van der Waals surface area contributed by atoms with Crippen LogP contribution < -0.4 is 0 Å². The van der Waals surface area contributed by atoms with Crippen molar-refractivity contribution >= 4 is 32.2 Å². The number of esters is 1. The van der Waals surface area contributed by atoms with Crippen LogP contribution in [0.5, 0.6) is 0 Å². The summed E-state index contributed by atoms with van der Waals surface area (Å²) in [4.78, 5) is 10.0. The van der Waals surface area contributed by atoms with Crippen molar-refractivity contribution in [3.63, 3.8) is 0 Å². The molecule has 0 saturated carbocycles. The molecule has 4 heteroatoms. The van der Waals surface area contributed by atoms with Gasteiger partial charge in [0.2, 0.25) is 0 Å². The Labute approximate surface area is 67.2 Å². The van der Waals surface area contributed by atoms with Crippen LogP contribution in [-0.2, 0) is 9.53 Å². The van der Waals surface area contributed by atoms with E-state index in [0.29, 0.717) is 6.42 Å². The number of hydrogen-bond donors (Lipinski definition) is 1. The second kappa shape index (κ2) is 7.31. The van der Waals surface area contributed by atoms with Gasteiger partial charge in [-0.15, -0.1) is 0 Å². The monoisotopic (exact) mass is 316 g/mol. The average molecular weight is 316 g/mol. The van der Waals surface area contributed by atoms with Gasteiger partial charge >= 0.3 is 32.2 Å². The maximum atomic E-state index is 10.0. The van der Waals surface area contributed by atoms with E-state index in [4.69, 9.17) is 5.11 Å². The van der Waals surface area contributed by atoms with E-state index in [1.165, 1.54) is 0 Å². The fourth-order valence-electron chi connectivity index (χ4n) is 0.174. The standard InChI is InChI=1S/C4H8O3.Bi.3H/c1-2-4(6)7-3-5;;;;/h5H,2-3H2,1H3;;;;. The molecule has 0 saturated heterocycles. The molecule has 0 aromatic rings. The number of hydrogen-bond acceptors (Lipinski definition) is 3. The predicted molar refractivity (Wildman–Crippen MR) is 33.4 cm³/mol. The van der Waals surface area contributed by atoms with E-state index in [9.17, 15) is 4.79 Å². The molecular weight excluding hydrogens is 305 g/mol. The van der Waals surface area contributed by atoms with Gasteiger partial charge in [-0.3, -0.25) is 4.79 Å². The zero-order valence-electron chi connectivity index (χ0n) is 4.89. The molecule has 50 valence electrons. The average Bonchev–Trinajstić information content (AvgIpc) is 1.68. The summed E-state index contributed by atoms with van der Waals surface area (Å²) >= 11 is 0. The number of carbonyl (C=O) groups excluding carboxylic acids is 1. The first-order chi connectivity index (χ1) is 3.31. The van der Waals surface area contributed by atoms with Crippen molar-refractivity contribution < 1.29 is 14.6 Å². The molecule has 0 bridgehead atoms. The maximum absolute atomic E-state index is 10.0. The molecule has 0 unspecified atom stereocenters. The van der Waals surface area contributed by atoms with E-state index in [2.05, 4.69) is 4.74 Å². The summed E-state index contributed by atoms with van der Waals surface area (Å²) < 4.78 is 4.11. The normalized spacial score (nSPS) is 7.25. The van der Waals surface area contributed by atoms with E-state index in [1.54, 1.807) is 6.92 Å². The van der Waals surface area contributed by atoms with E-state index < -0.39 is 6.79 Å². The molecule has 0 aliphatic carbocycles. The van der Waals surface area contributed by atoms with E-state index >= 15 is 0 Å². The molecule has 0 amide bonds. The van der Waals surface area contributed by atoms with Gasteiger partial charge in [0.15, 0.2) is 6.79 Å². The van der Waals surface area contributed by atoms with Crippen LogP contribution in [-0.4, -0.2) is 44.1 Å². The summed E-state index contributed by atoms with van der Waals surface area (Å²) in [5, 5.41) is 7.92. The quantitative estimate of drug-likeness (QED) is 0.392. The van der Waals surface area contributed by atoms with Gasteiger partial charge in [-0.2, -0.15) is 0 Å². The fourth-order valence-corrected chi connectivity index (χ4v) is 0.174. The number of rotatable bonds is 2.